The lowest BCUT2D eigenvalue weighted by Gasteiger charge is -2.35. The summed E-state index contributed by atoms with van der Waals surface area (Å²) in [6, 6.07) is 16.9. The van der Waals surface area contributed by atoms with E-state index >= 15 is 0 Å². The Kier molecular flexibility index (Phi) is 9.04. The average Bonchev–Trinajstić information content (AvgIpc) is 2.93. The number of carbonyl (C=O) groups excluding carboxylic acids is 1. The Hall–Kier alpha value is -2.49. The van der Waals surface area contributed by atoms with Crippen LogP contribution in [0.5, 0.6) is 0 Å². The number of anilines is 1. The van der Waals surface area contributed by atoms with Crippen molar-refractivity contribution in [2.24, 2.45) is 0 Å². The molecule has 4 rings (SSSR count). The first-order valence-corrected chi connectivity index (χ1v) is 13.1. The second-order valence-electron chi connectivity index (χ2n) is 8.72. The molecule has 9 heteroatoms. The standard InChI is InChI=1S/C19H28FN3O4S.C6H6/c1-14-11-23(28(25,26)15(2)13-27-14)12-17-4-5-18(10-19(17)20)22-8-6-21(7-9-22)16(3)24;1-2-4-6-5-3-1/h4-5,10,14-15H,6-9,11-13H2,1-3H3;1-6H/t14-,15?;/m0./s1. The van der Waals surface area contributed by atoms with Gasteiger partial charge in [0, 0.05) is 57.4 Å². The van der Waals surface area contributed by atoms with Gasteiger partial charge in [-0.2, -0.15) is 4.31 Å². The summed E-state index contributed by atoms with van der Waals surface area (Å²) in [6.45, 7) is 7.84. The van der Waals surface area contributed by atoms with Gasteiger partial charge in [-0.3, -0.25) is 4.79 Å². The van der Waals surface area contributed by atoms with E-state index in [-0.39, 0.29) is 31.7 Å². The zero-order valence-corrected chi connectivity index (χ0v) is 20.9. The van der Waals surface area contributed by atoms with Crippen molar-refractivity contribution in [2.45, 2.75) is 38.7 Å². The number of benzene rings is 2. The van der Waals surface area contributed by atoms with Crippen LogP contribution in [-0.2, 0) is 26.1 Å². The third-order valence-corrected chi connectivity index (χ3v) is 8.24. The number of sulfonamides is 1. The maximum Gasteiger partial charge on any atom is 0.219 e. The van der Waals surface area contributed by atoms with Crippen molar-refractivity contribution in [3.05, 3.63) is 66.0 Å². The number of amides is 1. The van der Waals surface area contributed by atoms with Gasteiger partial charge in [0.15, 0.2) is 0 Å². The van der Waals surface area contributed by atoms with E-state index in [9.17, 15) is 17.6 Å². The molecule has 1 amide bonds. The Labute approximate surface area is 202 Å². The highest BCUT2D eigenvalue weighted by atomic mass is 32.2. The zero-order valence-electron chi connectivity index (χ0n) is 20.1. The number of nitrogens with zero attached hydrogens (tertiary/aromatic N) is 3. The van der Waals surface area contributed by atoms with Gasteiger partial charge in [0.05, 0.1) is 18.0 Å². The van der Waals surface area contributed by atoms with Crippen LogP contribution in [0.3, 0.4) is 0 Å². The lowest BCUT2D eigenvalue weighted by atomic mass is 10.1. The molecular formula is C25H34FN3O4S. The summed E-state index contributed by atoms with van der Waals surface area (Å²) in [5.74, 6) is -0.376. The molecule has 0 spiro atoms. The molecule has 0 aromatic heterocycles. The van der Waals surface area contributed by atoms with Gasteiger partial charge in [-0.1, -0.05) is 42.5 Å². The first-order valence-electron chi connectivity index (χ1n) is 11.6. The summed E-state index contributed by atoms with van der Waals surface area (Å²) in [5.41, 5.74) is 1.09. The summed E-state index contributed by atoms with van der Waals surface area (Å²) in [5, 5.41) is -0.655. The van der Waals surface area contributed by atoms with E-state index in [1.165, 1.54) is 10.4 Å². The quantitative estimate of drug-likeness (QED) is 0.660. The van der Waals surface area contributed by atoms with Crippen LogP contribution in [0.4, 0.5) is 10.1 Å². The van der Waals surface area contributed by atoms with Crippen molar-refractivity contribution in [1.29, 1.82) is 0 Å². The molecule has 2 aromatic carbocycles. The third kappa shape index (κ3) is 6.77. The monoisotopic (exact) mass is 491 g/mol. The third-order valence-electron chi connectivity index (χ3n) is 6.08. The molecule has 2 aliphatic heterocycles. The summed E-state index contributed by atoms with van der Waals surface area (Å²) < 4.78 is 47.0. The van der Waals surface area contributed by atoms with Crippen molar-refractivity contribution in [3.63, 3.8) is 0 Å². The number of carbonyl (C=O) groups is 1. The molecule has 2 aliphatic rings. The second-order valence-corrected chi connectivity index (χ2v) is 11.1. The van der Waals surface area contributed by atoms with Crippen LogP contribution in [0.15, 0.2) is 54.6 Å². The fraction of sp³-hybridized carbons (Fsp3) is 0.480. The molecule has 0 N–H and O–H groups in total. The van der Waals surface area contributed by atoms with Crippen molar-refractivity contribution in [2.75, 3.05) is 44.2 Å². The maximum atomic E-state index is 14.8. The summed E-state index contributed by atoms with van der Waals surface area (Å²) in [4.78, 5) is 15.2. The molecule has 1 unspecified atom stereocenters. The largest absolute Gasteiger partial charge is 0.376 e. The minimum atomic E-state index is -3.54. The zero-order chi connectivity index (χ0) is 24.7. The molecule has 0 radical (unpaired) electrons. The van der Waals surface area contributed by atoms with Gasteiger partial charge >= 0.3 is 0 Å². The van der Waals surface area contributed by atoms with E-state index in [4.69, 9.17) is 4.74 Å². The molecule has 186 valence electrons. The molecule has 2 aromatic rings. The predicted molar refractivity (Wildman–Crippen MR) is 132 cm³/mol. The SMILES string of the molecule is CC(=O)N1CCN(c2ccc(CN3C[C@H](C)OCC(C)S3(=O)=O)c(F)c2)CC1.c1ccccc1. The molecule has 0 saturated carbocycles. The molecule has 2 atom stereocenters. The van der Waals surface area contributed by atoms with Crippen molar-refractivity contribution in [3.8, 4) is 0 Å². The molecule has 0 aliphatic carbocycles. The number of ether oxygens (including phenoxy) is 1. The molecule has 34 heavy (non-hydrogen) atoms. The van der Waals surface area contributed by atoms with Crippen LogP contribution in [0.1, 0.15) is 26.3 Å². The van der Waals surface area contributed by atoms with Crippen LogP contribution in [0.25, 0.3) is 0 Å². The Morgan fingerprint density at radius 3 is 2.15 bits per heavy atom. The van der Waals surface area contributed by atoms with E-state index in [1.54, 1.807) is 24.8 Å². The Morgan fingerprint density at radius 1 is 1.03 bits per heavy atom. The average molecular weight is 492 g/mol. The van der Waals surface area contributed by atoms with Gasteiger partial charge in [-0.15, -0.1) is 0 Å². The minimum Gasteiger partial charge on any atom is -0.376 e. The van der Waals surface area contributed by atoms with Crippen molar-refractivity contribution >= 4 is 21.6 Å². The van der Waals surface area contributed by atoms with Gasteiger partial charge in [0.25, 0.3) is 0 Å². The fourth-order valence-electron chi connectivity index (χ4n) is 3.95. The highest BCUT2D eigenvalue weighted by Crippen LogP contribution is 2.24. The smallest absolute Gasteiger partial charge is 0.219 e. The molecule has 0 bridgehead atoms. The number of rotatable bonds is 3. The number of hydrogen-bond donors (Lipinski definition) is 0. The molecule has 2 saturated heterocycles. The number of piperazine rings is 1. The minimum absolute atomic E-state index is 0.00932. The van der Waals surface area contributed by atoms with E-state index in [1.807, 2.05) is 54.3 Å². The Morgan fingerprint density at radius 2 is 1.62 bits per heavy atom. The predicted octanol–water partition coefficient (Wildman–Crippen LogP) is 3.12. The maximum absolute atomic E-state index is 14.8. The Balaban J connectivity index is 0.000000469. The van der Waals surface area contributed by atoms with Gasteiger partial charge in [-0.25, -0.2) is 12.8 Å². The first kappa shape index (κ1) is 26.1. The molecule has 2 fully saturated rings. The van der Waals surface area contributed by atoms with Crippen LogP contribution in [0.2, 0.25) is 0 Å². The number of halogens is 1. The van der Waals surface area contributed by atoms with Crippen molar-refractivity contribution in [1.82, 2.24) is 9.21 Å². The number of hydrogen-bond acceptors (Lipinski definition) is 5. The van der Waals surface area contributed by atoms with Gasteiger partial charge < -0.3 is 14.5 Å². The van der Waals surface area contributed by atoms with Crippen LogP contribution in [-0.4, -0.2) is 74.2 Å². The highest BCUT2D eigenvalue weighted by molar-refractivity contribution is 7.89. The van der Waals surface area contributed by atoms with Crippen LogP contribution in [0, 0.1) is 5.82 Å². The van der Waals surface area contributed by atoms with Crippen LogP contribution < -0.4 is 4.90 Å². The normalized spacial score (nSPS) is 22.9. The van der Waals surface area contributed by atoms with E-state index in [2.05, 4.69) is 0 Å². The first-order chi connectivity index (χ1) is 16.2. The van der Waals surface area contributed by atoms with Gasteiger partial charge in [0.1, 0.15) is 5.82 Å². The fourth-order valence-corrected chi connectivity index (χ4v) is 5.45. The summed E-state index contributed by atoms with van der Waals surface area (Å²) >= 11 is 0. The molecule has 2 heterocycles. The van der Waals surface area contributed by atoms with Gasteiger partial charge in [-0.05, 0) is 26.0 Å². The lowest BCUT2D eigenvalue weighted by molar-refractivity contribution is -0.129. The van der Waals surface area contributed by atoms with Crippen LogP contribution >= 0.6 is 0 Å². The Bertz CT molecular complexity index is 1020. The lowest BCUT2D eigenvalue weighted by Crippen LogP contribution is -2.48. The topological polar surface area (TPSA) is 70.2 Å². The van der Waals surface area contributed by atoms with Gasteiger partial charge in [0.2, 0.25) is 15.9 Å². The highest BCUT2D eigenvalue weighted by Gasteiger charge is 2.34. The van der Waals surface area contributed by atoms with E-state index in [0.29, 0.717) is 31.7 Å². The van der Waals surface area contributed by atoms with E-state index in [0.717, 1.165) is 5.69 Å². The van der Waals surface area contributed by atoms with E-state index < -0.39 is 21.1 Å². The molecule has 7 nitrogen and oxygen atoms in total. The summed E-state index contributed by atoms with van der Waals surface area (Å²) in [7, 11) is -3.54. The van der Waals surface area contributed by atoms with Crippen molar-refractivity contribution < 1.29 is 22.3 Å². The summed E-state index contributed by atoms with van der Waals surface area (Å²) in [6.07, 6.45) is -0.236. The second kappa shape index (κ2) is 11.8. The molecular weight excluding hydrogens is 457 g/mol.